The molecule has 8 nitrogen and oxygen atoms in total. The van der Waals surface area contributed by atoms with Crippen LogP contribution in [0.15, 0.2) is 78.5 Å². The fourth-order valence-electron chi connectivity index (χ4n) is 3.59. The third-order valence-corrected chi connectivity index (χ3v) is 5.84. The van der Waals surface area contributed by atoms with Gasteiger partial charge in [0.1, 0.15) is 22.9 Å². The van der Waals surface area contributed by atoms with Gasteiger partial charge >= 0.3 is 0 Å². The zero-order valence-electron chi connectivity index (χ0n) is 21.3. The van der Waals surface area contributed by atoms with Gasteiger partial charge in [-0.15, -0.1) is 0 Å². The molecular weight excluding hydrogens is 484 g/mol. The van der Waals surface area contributed by atoms with Gasteiger partial charge in [0.15, 0.2) is 0 Å². The van der Waals surface area contributed by atoms with Gasteiger partial charge in [0.25, 0.3) is 11.8 Å². The number of nitrogens with one attached hydrogen (secondary N) is 2. The predicted octanol–water partition coefficient (Wildman–Crippen LogP) is 3.74. The second kappa shape index (κ2) is 13.3. The molecule has 1 fully saturated rings. The standard InChI is InChI=1S/C30H32N2O6/c1-36-24-8-2-21(3-9-24)16-19-37-25-12-6-23(7-13-25)29(34)32-28(30(35)31-17-18-33)20-22-4-10-26(11-5-22)38-27-14-15-27/h2-13,20,27,33H,14-19H2,1H3,(H,31,35)(H,32,34)/b28-20-. The second-order valence-electron chi connectivity index (χ2n) is 8.85. The molecule has 2 amide bonds. The van der Waals surface area contributed by atoms with Gasteiger partial charge in [0.05, 0.1) is 26.4 Å². The molecule has 0 spiro atoms. The van der Waals surface area contributed by atoms with E-state index in [1.807, 2.05) is 48.5 Å². The summed E-state index contributed by atoms with van der Waals surface area (Å²) in [5.41, 5.74) is 2.30. The Bertz CT molecular complexity index is 1230. The maximum atomic E-state index is 12.9. The number of rotatable bonds is 13. The van der Waals surface area contributed by atoms with E-state index in [0.717, 1.165) is 41.9 Å². The van der Waals surface area contributed by atoms with Gasteiger partial charge in [-0.3, -0.25) is 9.59 Å². The summed E-state index contributed by atoms with van der Waals surface area (Å²) in [7, 11) is 1.63. The summed E-state index contributed by atoms with van der Waals surface area (Å²) in [6.45, 7) is 0.350. The van der Waals surface area contributed by atoms with E-state index in [0.29, 0.717) is 24.0 Å². The molecule has 8 heteroatoms. The van der Waals surface area contributed by atoms with Crippen LogP contribution in [0, 0.1) is 0 Å². The van der Waals surface area contributed by atoms with E-state index in [1.54, 1.807) is 37.5 Å². The van der Waals surface area contributed by atoms with Crippen LogP contribution in [0.4, 0.5) is 0 Å². The fraction of sp³-hybridized carbons (Fsp3) is 0.267. The number of aliphatic hydroxyl groups is 1. The highest BCUT2D eigenvalue weighted by Crippen LogP contribution is 2.27. The summed E-state index contributed by atoms with van der Waals surface area (Å²) >= 11 is 0. The summed E-state index contributed by atoms with van der Waals surface area (Å²) in [5, 5.41) is 14.3. The molecule has 3 aromatic carbocycles. The average Bonchev–Trinajstić information content (AvgIpc) is 3.77. The van der Waals surface area contributed by atoms with Gasteiger partial charge in [-0.25, -0.2) is 0 Å². The van der Waals surface area contributed by atoms with Crippen LogP contribution < -0.4 is 24.8 Å². The summed E-state index contributed by atoms with van der Waals surface area (Å²) in [5.74, 6) is 1.29. The van der Waals surface area contributed by atoms with Crippen LogP contribution in [-0.4, -0.2) is 49.9 Å². The second-order valence-corrected chi connectivity index (χ2v) is 8.85. The van der Waals surface area contributed by atoms with E-state index in [-0.39, 0.29) is 18.8 Å². The van der Waals surface area contributed by atoms with Crippen LogP contribution in [0.1, 0.15) is 34.3 Å². The summed E-state index contributed by atoms with van der Waals surface area (Å²) < 4.78 is 16.7. The Morgan fingerprint density at radius 1 is 0.921 bits per heavy atom. The Balaban J connectivity index is 1.36. The molecule has 0 radical (unpaired) electrons. The highest BCUT2D eigenvalue weighted by molar-refractivity contribution is 6.05. The lowest BCUT2D eigenvalue weighted by molar-refractivity contribution is -0.117. The third-order valence-electron chi connectivity index (χ3n) is 5.84. The lowest BCUT2D eigenvalue weighted by Crippen LogP contribution is -2.36. The Morgan fingerprint density at radius 2 is 1.58 bits per heavy atom. The minimum atomic E-state index is -0.496. The van der Waals surface area contributed by atoms with Crippen LogP contribution in [-0.2, 0) is 11.2 Å². The Hall–Kier alpha value is -4.30. The number of carbonyl (C=O) groups is 2. The number of ether oxygens (including phenoxy) is 3. The number of amides is 2. The smallest absolute Gasteiger partial charge is 0.267 e. The summed E-state index contributed by atoms with van der Waals surface area (Å²) in [6, 6.07) is 21.8. The van der Waals surface area contributed by atoms with Crippen molar-refractivity contribution in [3.05, 3.63) is 95.2 Å². The number of carbonyl (C=O) groups excluding carboxylic acids is 2. The zero-order valence-corrected chi connectivity index (χ0v) is 21.3. The SMILES string of the molecule is COc1ccc(CCOc2ccc(C(=O)N/C(=C\c3ccc(OC4CC4)cc3)C(=O)NCCO)cc2)cc1. The van der Waals surface area contributed by atoms with Crippen LogP contribution >= 0.6 is 0 Å². The van der Waals surface area contributed by atoms with E-state index in [1.165, 1.54) is 0 Å². The molecule has 1 aliphatic rings. The predicted molar refractivity (Wildman–Crippen MR) is 144 cm³/mol. The van der Waals surface area contributed by atoms with Crippen molar-refractivity contribution < 1.29 is 28.9 Å². The van der Waals surface area contributed by atoms with E-state index >= 15 is 0 Å². The molecule has 3 aromatic rings. The topological polar surface area (TPSA) is 106 Å². The maximum absolute atomic E-state index is 12.9. The summed E-state index contributed by atoms with van der Waals surface area (Å²) in [4.78, 5) is 25.6. The van der Waals surface area contributed by atoms with E-state index in [9.17, 15) is 9.59 Å². The lowest BCUT2D eigenvalue weighted by atomic mass is 10.1. The zero-order chi connectivity index (χ0) is 26.7. The van der Waals surface area contributed by atoms with Gasteiger partial charge in [-0.2, -0.15) is 0 Å². The molecular formula is C30H32N2O6. The molecule has 0 aliphatic heterocycles. The number of methoxy groups -OCH3 is 1. The molecule has 1 saturated carbocycles. The highest BCUT2D eigenvalue weighted by Gasteiger charge is 2.23. The molecule has 0 saturated heterocycles. The molecule has 4 rings (SSSR count). The molecule has 1 aliphatic carbocycles. The van der Waals surface area contributed by atoms with E-state index in [4.69, 9.17) is 19.3 Å². The van der Waals surface area contributed by atoms with Crippen molar-refractivity contribution in [1.82, 2.24) is 10.6 Å². The Morgan fingerprint density at radius 3 is 2.21 bits per heavy atom. The minimum Gasteiger partial charge on any atom is -0.497 e. The molecule has 38 heavy (non-hydrogen) atoms. The molecule has 0 aromatic heterocycles. The molecule has 0 heterocycles. The number of aliphatic hydroxyl groups excluding tert-OH is 1. The first-order chi connectivity index (χ1) is 18.5. The van der Waals surface area contributed by atoms with Crippen molar-refractivity contribution in [3.8, 4) is 17.2 Å². The highest BCUT2D eigenvalue weighted by atomic mass is 16.5. The Kier molecular flexibility index (Phi) is 9.37. The first kappa shape index (κ1) is 26.8. The van der Waals surface area contributed by atoms with Crippen LogP contribution in [0.2, 0.25) is 0 Å². The van der Waals surface area contributed by atoms with Crippen LogP contribution in [0.5, 0.6) is 17.2 Å². The molecule has 3 N–H and O–H groups in total. The monoisotopic (exact) mass is 516 g/mol. The van der Waals surface area contributed by atoms with Gasteiger partial charge in [0, 0.05) is 18.5 Å². The van der Waals surface area contributed by atoms with Gasteiger partial charge < -0.3 is 30.0 Å². The molecule has 0 atom stereocenters. The van der Waals surface area contributed by atoms with Crippen molar-refractivity contribution in [2.75, 3.05) is 26.9 Å². The molecule has 198 valence electrons. The van der Waals surface area contributed by atoms with Crippen molar-refractivity contribution in [3.63, 3.8) is 0 Å². The Labute approximate surface area is 222 Å². The van der Waals surface area contributed by atoms with Crippen LogP contribution in [0.25, 0.3) is 6.08 Å². The number of hydrogen-bond acceptors (Lipinski definition) is 6. The normalized spacial score (nSPS) is 12.9. The van der Waals surface area contributed by atoms with E-state index in [2.05, 4.69) is 10.6 Å². The quantitative estimate of drug-likeness (QED) is 0.299. The first-order valence-corrected chi connectivity index (χ1v) is 12.6. The largest absolute Gasteiger partial charge is 0.497 e. The lowest BCUT2D eigenvalue weighted by Gasteiger charge is -2.12. The fourth-order valence-corrected chi connectivity index (χ4v) is 3.59. The molecule has 0 unspecified atom stereocenters. The third kappa shape index (κ3) is 8.11. The average molecular weight is 517 g/mol. The first-order valence-electron chi connectivity index (χ1n) is 12.6. The maximum Gasteiger partial charge on any atom is 0.267 e. The van der Waals surface area contributed by atoms with Crippen molar-refractivity contribution in [2.45, 2.75) is 25.4 Å². The molecule has 0 bridgehead atoms. The van der Waals surface area contributed by atoms with Gasteiger partial charge in [-0.05, 0) is 78.6 Å². The van der Waals surface area contributed by atoms with Gasteiger partial charge in [0.2, 0.25) is 0 Å². The number of hydrogen-bond donors (Lipinski definition) is 3. The van der Waals surface area contributed by atoms with E-state index < -0.39 is 11.8 Å². The van der Waals surface area contributed by atoms with Crippen molar-refractivity contribution in [2.24, 2.45) is 0 Å². The minimum absolute atomic E-state index is 0.0686. The van der Waals surface area contributed by atoms with Crippen molar-refractivity contribution >= 4 is 17.9 Å². The van der Waals surface area contributed by atoms with Gasteiger partial charge in [-0.1, -0.05) is 24.3 Å². The number of benzene rings is 3. The summed E-state index contributed by atoms with van der Waals surface area (Å²) in [6.07, 6.45) is 4.75. The van der Waals surface area contributed by atoms with Crippen LogP contribution in [0.3, 0.4) is 0 Å². The van der Waals surface area contributed by atoms with Crippen molar-refractivity contribution in [1.29, 1.82) is 0 Å².